The lowest BCUT2D eigenvalue weighted by Crippen LogP contribution is -2.31. The van der Waals surface area contributed by atoms with Gasteiger partial charge in [-0.25, -0.2) is 4.98 Å². The van der Waals surface area contributed by atoms with E-state index in [1.807, 2.05) is 13.1 Å². The first-order valence-electron chi connectivity index (χ1n) is 8.77. The van der Waals surface area contributed by atoms with Crippen molar-refractivity contribution in [1.82, 2.24) is 39.7 Å². The van der Waals surface area contributed by atoms with Crippen LogP contribution in [0.2, 0.25) is 0 Å². The highest BCUT2D eigenvalue weighted by Gasteiger charge is 2.37. The predicted octanol–water partition coefficient (Wildman–Crippen LogP) is 1.93. The van der Waals surface area contributed by atoms with E-state index >= 15 is 0 Å². The number of hydrogen-bond donors (Lipinski definition) is 0. The van der Waals surface area contributed by atoms with Crippen molar-refractivity contribution in [2.24, 2.45) is 7.05 Å². The Morgan fingerprint density at radius 1 is 1.30 bits per heavy atom. The fourth-order valence-corrected chi connectivity index (χ4v) is 3.40. The van der Waals surface area contributed by atoms with Crippen LogP contribution in [0.4, 0.5) is 0 Å². The lowest BCUT2D eigenvalue weighted by Gasteiger charge is -2.39. The normalized spacial score (nSPS) is 15.8. The first-order valence-corrected chi connectivity index (χ1v) is 8.77. The second-order valence-corrected chi connectivity index (χ2v) is 7.04. The Balaban J connectivity index is 1.60. The molecule has 0 radical (unpaired) electrons. The molecule has 0 N–H and O–H groups in total. The molecule has 4 aromatic heterocycles. The zero-order valence-electron chi connectivity index (χ0n) is 15.0. The molecule has 1 aliphatic rings. The van der Waals surface area contributed by atoms with Crippen LogP contribution < -0.4 is 4.74 Å². The van der Waals surface area contributed by atoms with Crippen molar-refractivity contribution >= 4 is 5.65 Å². The van der Waals surface area contributed by atoms with Gasteiger partial charge in [-0.3, -0.25) is 4.68 Å². The Morgan fingerprint density at radius 2 is 2.19 bits per heavy atom. The first kappa shape index (κ1) is 15.9. The highest BCUT2D eigenvalue weighted by Crippen LogP contribution is 2.46. The van der Waals surface area contributed by atoms with E-state index in [9.17, 15) is 0 Å². The molecule has 1 aliphatic carbocycles. The Hall–Kier alpha value is -3.30. The number of rotatable bonds is 5. The first-order chi connectivity index (χ1) is 13.1. The number of fused-ring (bicyclic) bond motifs is 1. The number of hydrogen-bond acceptors (Lipinski definition) is 8. The lowest BCUT2D eigenvalue weighted by molar-refractivity contribution is 0.231. The second kappa shape index (κ2) is 5.86. The van der Waals surface area contributed by atoms with Gasteiger partial charge in [-0.05, 0) is 24.3 Å². The molecule has 0 atom stereocenters. The standard InChI is InChI=1S/C17H18N8O2/c1-17(5-3-6-17)11-8-13-20-21-15(12-4-7-27-23-12)25(13)22-16(11)26-9-14-18-10-19-24(14)2/h4,7-8,10H,3,5-6,9H2,1-2H3. The molecule has 0 aliphatic heterocycles. The van der Waals surface area contributed by atoms with Crippen molar-refractivity contribution in [2.45, 2.75) is 38.2 Å². The van der Waals surface area contributed by atoms with Gasteiger partial charge in [0.2, 0.25) is 11.7 Å². The fraction of sp³-hybridized carbons (Fsp3) is 0.412. The van der Waals surface area contributed by atoms with Crippen LogP contribution in [0.25, 0.3) is 17.2 Å². The number of ether oxygens (including phenoxy) is 1. The molecule has 0 spiro atoms. The Morgan fingerprint density at radius 3 is 2.85 bits per heavy atom. The van der Waals surface area contributed by atoms with Crippen molar-refractivity contribution in [3.63, 3.8) is 0 Å². The molecule has 0 aromatic carbocycles. The van der Waals surface area contributed by atoms with Crippen LogP contribution in [-0.4, -0.2) is 39.7 Å². The Kier molecular flexibility index (Phi) is 3.46. The summed E-state index contributed by atoms with van der Waals surface area (Å²) >= 11 is 0. The average Bonchev–Trinajstić information content (AvgIpc) is 3.37. The zero-order chi connectivity index (χ0) is 18.4. The maximum Gasteiger partial charge on any atom is 0.236 e. The van der Waals surface area contributed by atoms with Crippen LogP contribution in [0.15, 0.2) is 29.2 Å². The molecule has 5 rings (SSSR count). The third-order valence-corrected chi connectivity index (χ3v) is 5.28. The molecule has 10 heteroatoms. The van der Waals surface area contributed by atoms with E-state index in [-0.39, 0.29) is 12.0 Å². The molecular formula is C17H18N8O2. The summed E-state index contributed by atoms with van der Waals surface area (Å²) in [6.07, 6.45) is 6.38. The summed E-state index contributed by atoms with van der Waals surface area (Å²) in [5, 5.41) is 21.2. The third kappa shape index (κ3) is 2.56. The molecule has 27 heavy (non-hydrogen) atoms. The van der Waals surface area contributed by atoms with Crippen LogP contribution in [0.1, 0.15) is 37.6 Å². The topological polar surface area (TPSA) is 109 Å². The van der Waals surface area contributed by atoms with E-state index < -0.39 is 0 Å². The Labute approximate surface area is 154 Å². The molecule has 0 saturated heterocycles. The second-order valence-electron chi connectivity index (χ2n) is 7.04. The summed E-state index contributed by atoms with van der Waals surface area (Å²) in [5.41, 5.74) is 2.30. The smallest absolute Gasteiger partial charge is 0.236 e. The molecule has 138 valence electrons. The van der Waals surface area contributed by atoms with Crippen molar-refractivity contribution in [3.05, 3.63) is 36.1 Å². The lowest BCUT2D eigenvalue weighted by atomic mass is 9.66. The van der Waals surface area contributed by atoms with Crippen LogP contribution in [0, 0.1) is 0 Å². The van der Waals surface area contributed by atoms with Crippen LogP contribution in [0.5, 0.6) is 5.88 Å². The molecule has 1 saturated carbocycles. The predicted molar refractivity (Wildman–Crippen MR) is 92.8 cm³/mol. The summed E-state index contributed by atoms with van der Waals surface area (Å²) in [7, 11) is 1.83. The van der Waals surface area contributed by atoms with Gasteiger partial charge >= 0.3 is 0 Å². The minimum absolute atomic E-state index is 0.0317. The maximum absolute atomic E-state index is 6.08. The minimum atomic E-state index is 0.0317. The quantitative estimate of drug-likeness (QED) is 0.527. The van der Waals surface area contributed by atoms with Gasteiger partial charge in [0.25, 0.3) is 0 Å². The van der Waals surface area contributed by atoms with Crippen LogP contribution in [0.3, 0.4) is 0 Å². The highest BCUT2D eigenvalue weighted by atomic mass is 16.5. The van der Waals surface area contributed by atoms with Crippen molar-refractivity contribution in [1.29, 1.82) is 0 Å². The van der Waals surface area contributed by atoms with Crippen molar-refractivity contribution in [2.75, 3.05) is 0 Å². The molecule has 10 nitrogen and oxygen atoms in total. The summed E-state index contributed by atoms with van der Waals surface area (Å²) < 4.78 is 14.3. The summed E-state index contributed by atoms with van der Waals surface area (Å²) in [6.45, 7) is 2.51. The van der Waals surface area contributed by atoms with E-state index in [1.165, 1.54) is 19.0 Å². The van der Waals surface area contributed by atoms with Gasteiger partial charge in [-0.15, -0.1) is 15.3 Å². The third-order valence-electron chi connectivity index (χ3n) is 5.28. The molecular weight excluding hydrogens is 348 g/mol. The van der Waals surface area contributed by atoms with Gasteiger partial charge in [0.1, 0.15) is 19.2 Å². The van der Waals surface area contributed by atoms with E-state index in [0.29, 0.717) is 23.0 Å². The number of aryl methyl sites for hydroxylation is 1. The maximum atomic E-state index is 6.08. The number of aromatic nitrogens is 8. The molecule has 4 aromatic rings. The van der Waals surface area contributed by atoms with Gasteiger partial charge in [0.05, 0.1) is 0 Å². The van der Waals surface area contributed by atoms with E-state index in [0.717, 1.165) is 24.2 Å². The monoisotopic (exact) mass is 366 g/mol. The van der Waals surface area contributed by atoms with Gasteiger partial charge in [-0.1, -0.05) is 18.5 Å². The SMILES string of the molecule is Cn1ncnc1COc1nn2c(-c3ccon3)nnc2cc1C1(C)CCC1. The van der Waals surface area contributed by atoms with E-state index in [2.05, 4.69) is 32.4 Å². The highest BCUT2D eigenvalue weighted by molar-refractivity contribution is 5.56. The van der Waals surface area contributed by atoms with Gasteiger partial charge < -0.3 is 9.26 Å². The Bertz CT molecular complexity index is 1090. The molecule has 0 unspecified atom stereocenters. The summed E-state index contributed by atoms with van der Waals surface area (Å²) in [4.78, 5) is 4.21. The van der Waals surface area contributed by atoms with Crippen molar-refractivity contribution in [3.8, 4) is 17.4 Å². The fourth-order valence-electron chi connectivity index (χ4n) is 3.40. The molecule has 1 fully saturated rings. The minimum Gasteiger partial charge on any atom is -0.468 e. The van der Waals surface area contributed by atoms with Gasteiger partial charge in [0.15, 0.2) is 17.2 Å². The van der Waals surface area contributed by atoms with E-state index in [1.54, 1.807) is 15.3 Å². The molecule has 0 bridgehead atoms. The number of nitrogens with zero attached hydrogens (tertiary/aromatic N) is 8. The van der Waals surface area contributed by atoms with Crippen LogP contribution in [-0.2, 0) is 19.1 Å². The molecule has 0 amide bonds. The van der Waals surface area contributed by atoms with Gasteiger partial charge in [0, 0.05) is 18.7 Å². The van der Waals surface area contributed by atoms with Gasteiger partial charge in [-0.2, -0.15) is 9.61 Å². The van der Waals surface area contributed by atoms with Crippen LogP contribution >= 0.6 is 0 Å². The summed E-state index contributed by atoms with van der Waals surface area (Å²) in [5.74, 6) is 1.78. The molecule has 4 heterocycles. The largest absolute Gasteiger partial charge is 0.468 e. The summed E-state index contributed by atoms with van der Waals surface area (Å²) in [6, 6.07) is 3.73. The van der Waals surface area contributed by atoms with E-state index in [4.69, 9.17) is 14.4 Å². The van der Waals surface area contributed by atoms with Crippen molar-refractivity contribution < 1.29 is 9.26 Å². The average molecular weight is 366 g/mol. The zero-order valence-corrected chi connectivity index (χ0v) is 15.0.